The minimum atomic E-state index is 0.173. The number of piperidine rings is 1. The molecular formula is C13H21N3O. The standard InChI is InChI=1S/C13H21N3O/c1-12(17)13-5-2-3-8-16(13)9-4-7-15-10-6-14-11-15/h6,10-11,13H,2-5,7-9H2,1H3. The fraction of sp³-hybridized carbons (Fsp3) is 0.692. The molecule has 1 atom stereocenters. The van der Waals surface area contributed by atoms with Gasteiger partial charge in [-0.1, -0.05) is 6.42 Å². The molecule has 0 aliphatic carbocycles. The van der Waals surface area contributed by atoms with E-state index in [0.717, 1.165) is 32.5 Å². The van der Waals surface area contributed by atoms with E-state index >= 15 is 0 Å². The van der Waals surface area contributed by atoms with Gasteiger partial charge in [0.05, 0.1) is 12.4 Å². The zero-order valence-corrected chi connectivity index (χ0v) is 10.5. The minimum Gasteiger partial charge on any atom is -0.337 e. The van der Waals surface area contributed by atoms with Crippen LogP contribution in [0.3, 0.4) is 0 Å². The summed E-state index contributed by atoms with van der Waals surface area (Å²) in [7, 11) is 0. The molecular weight excluding hydrogens is 214 g/mol. The van der Waals surface area contributed by atoms with Gasteiger partial charge in [-0.25, -0.2) is 4.98 Å². The molecule has 1 aliphatic heterocycles. The van der Waals surface area contributed by atoms with Gasteiger partial charge < -0.3 is 4.57 Å². The first kappa shape index (κ1) is 12.3. The monoisotopic (exact) mass is 235 g/mol. The van der Waals surface area contributed by atoms with Gasteiger partial charge in [0.25, 0.3) is 0 Å². The lowest BCUT2D eigenvalue weighted by Gasteiger charge is -2.34. The molecule has 94 valence electrons. The summed E-state index contributed by atoms with van der Waals surface area (Å²) in [6.45, 7) is 4.80. The van der Waals surface area contributed by atoms with Crippen LogP contribution in [0.2, 0.25) is 0 Å². The van der Waals surface area contributed by atoms with Crippen LogP contribution in [0.4, 0.5) is 0 Å². The van der Waals surface area contributed by atoms with E-state index in [1.54, 1.807) is 13.1 Å². The van der Waals surface area contributed by atoms with Crippen molar-refractivity contribution in [2.75, 3.05) is 13.1 Å². The zero-order valence-electron chi connectivity index (χ0n) is 10.5. The van der Waals surface area contributed by atoms with Crippen molar-refractivity contribution in [2.24, 2.45) is 0 Å². The molecule has 17 heavy (non-hydrogen) atoms. The summed E-state index contributed by atoms with van der Waals surface area (Å²) < 4.78 is 2.09. The van der Waals surface area contributed by atoms with E-state index in [1.165, 1.54) is 12.8 Å². The van der Waals surface area contributed by atoms with Crippen LogP contribution in [0.15, 0.2) is 18.7 Å². The van der Waals surface area contributed by atoms with Gasteiger partial charge in [0.15, 0.2) is 0 Å². The Labute approximate surface area is 103 Å². The SMILES string of the molecule is CC(=O)C1CCCCN1CCCn1ccnc1. The van der Waals surface area contributed by atoms with Gasteiger partial charge >= 0.3 is 0 Å². The summed E-state index contributed by atoms with van der Waals surface area (Å²) in [5, 5.41) is 0. The van der Waals surface area contributed by atoms with Crippen molar-refractivity contribution >= 4 is 5.78 Å². The summed E-state index contributed by atoms with van der Waals surface area (Å²) in [5.41, 5.74) is 0. The maximum absolute atomic E-state index is 11.5. The molecule has 0 radical (unpaired) electrons. The van der Waals surface area contributed by atoms with Crippen molar-refractivity contribution in [3.8, 4) is 0 Å². The van der Waals surface area contributed by atoms with Crippen molar-refractivity contribution < 1.29 is 4.79 Å². The number of Topliss-reactive ketones (excluding diaryl/α,β-unsaturated/α-hetero) is 1. The first-order chi connectivity index (χ1) is 8.27. The average molecular weight is 235 g/mol. The van der Waals surface area contributed by atoms with Gasteiger partial charge in [0.2, 0.25) is 0 Å². The summed E-state index contributed by atoms with van der Waals surface area (Å²) in [6, 6.07) is 0.173. The van der Waals surface area contributed by atoms with Gasteiger partial charge in [-0.15, -0.1) is 0 Å². The Bertz CT molecular complexity index is 348. The summed E-state index contributed by atoms with van der Waals surface area (Å²) in [6.07, 6.45) is 10.2. The molecule has 0 spiro atoms. The van der Waals surface area contributed by atoms with Gasteiger partial charge in [-0.3, -0.25) is 9.69 Å². The quantitative estimate of drug-likeness (QED) is 0.780. The van der Waals surface area contributed by atoms with E-state index < -0.39 is 0 Å². The third kappa shape index (κ3) is 3.40. The predicted molar refractivity (Wildman–Crippen MR) is 66.7 cm³/mol. The lowest BCUT2D eigenvalue weighted by atomic mass is 9.99. The fourth-order valence-electron chi connectivity index (χ4n) is 2.59. The highest BCUT2D eigenvalue weighted by Gasteiger charge is 2.25. The van der Waals surface area contributed by atoms with Gasteiger partial charge in [-0.2, -0.15) is 0 Å². The highest BCUT2D eigenvalue weighted by Crippen LogP contribution is 2.17. The third-order valence-electron chi connectivity index (χ3n) is 3.50. The first-order valence-corrected chi connectivity index (χ1v) is 6.47. The van der Waals surface area contributed by atoms with Crippen LogP contribution in [-0.2, 0) is 11.3 Å². The van der Waals surface area contributed by atoms with Crippen molar-refractivity contribution in [3.05, 3.63) is 18.7 Å². The number of aryl methyl sites for hydroxylation is 1. The van der Waals surface area contributed by atoms with Crippen LogP contribution in [0, 0.1) is 0 Å². The van der Waals surface area contributed by atoms with Crippen molar-refractivity contribution in [3.63, 3.8) is 0 Å². The van der Waals surface area contributed by atoms with Crippen LogP contribution in [0.1, 0.15) is 32.6 Å². The Kier molecular flexibility index (Phi) is 4.31. The van der Waals surface area contributed by atoms with Crippen LogP contribution in [0.5, 0.6) is 0 Å². The van der Waals surface area contributed by atoms with E-state index in [9.17, 15) is 4.79 Å². The minimum absolute atomic E-state index is 0.173. The summed E-state index contributed by atoms with van der Waals surface area (Å²) in [4.78, 5) is 17.9. The maximum atomic E-state index is 11.5. The molecule has 2 heterocycles. The second-order valence-electron chi connectivity index (χ2n) is 4.81. The highest BCUT2D eigenvalue weighted by molar-refractivity contribution is 5.81. The summed E-state index contributed by atoms with van der Waals surface area (Å²) in [5.74, 6) is 0.326. The molecule has 1 aromatic heterocycles. The van der Waals surface area contributed by atoms with E-state index in [1.807, 2.05) is 12.5 Å². The molecule has 0 aromatic carbocycles. The number of aromatic nitrogens is 2. The van der Waals surface area contributed by atoms with Crippen LogP contribution in [-0.4, -0.2) is 39.4 Å². The number of hydrogen-bond donors (Lipinski definition) is 0. The van der Waals surface area contributed by atoms with Gasteiger partial charge in [0, 0.05) is 25.5 Å². The van der Waals surface area contributed by atoms with Crippen molar-refractivity contribution in [2.45, 2.75) is 45.2 Å². The number of nitrogens with zero attached hydrogens (tertiary/aromatic N) is 3. The fourth-order valence-corrected chi connectivity index (χ4v) is 2.59. The van der Waals surface area contributed by atoms with E-state index in [-0.39, 0.29) is 6.04 Å². The Morgan fingerprint density at radius 3 is 3.00 bits per heavy atom. The van der Waals surface area contributed by atoms with Crippen molar-refractivity contribution in [1.29, 1.82) is 0 Å². The average Bonchev–Trinajstić information content (AvgIpc) is 2.82. The van der Waals surface area contributed by atoms with Crippen LogP contribution in [0.25, 0.3) is 0 Å². The largest absolute Gasteiger partial charge is 0.337 e. The molecule has 4 heteroatoms. The van der Waals surface area contributed by atoms with Gasteiger partial charge in [0.1, 0.15) is 5.78 Å². The Morgan fingerprint density at radius 1 is 1.41 bits per heavy atom. The number of rotatable bonds is 5. The molecule has 4 nitrogen and oxygen atoms in total. The van der Waals surface area contributed by atoms with E-state index in [0.29, 0.717) is 5.78 Å². The number of imidazole rings is 1. The van der Waals surface area contributed by atoms with Crippen molar-refractivity contribution in [1.82, 2.24) is 14.5 Å². The molecule has 1 saturated heterocycles. The second-order valence-corrected chi connectivity index (χ2v) is 4.81. The maximum Gasteiger partial charge on any atom is 0.146 e. The molecule has 1 aromatic rings. The topological polar surface area (TPSA) is 38.1 Å². The normalized spacial score (nSPS) is 21.6. The Hall–Kier alpha value is -1.16. The number of likely N-dealkylation sites (tertiary alicyclic amines) is 1. The number of ketones is 1. The van der Waals surface area contributed by atoms with Crippen LogP contribution < -0.4 is 0 Å². The lowest BCUT2D eigenvalue weighted by Crippen LogP contribution is -2.44. The third-order valence-corrected chi connectivity index (χ3v) is 3.50. The number of carbonyl (C=O) groups is 1. The number of hydrogen-bond acceptors (Lipinski definition) is 3. The van der Waals surface area contributed by atoms with Gasteiger partial charge in [-0.05, 0) is 32.7 Å². The molecule has 0 amide bonds. The zero-order chi connectivity index (χ0) is 12.1. The highest BCUT2D eigenvalue weighted by atomic mass is 16.1. The van der Waals surface area contributed by atoms with Crippen LogP contribution >= 0.6 is 0 Å². The second kappa shape index (κ2) is 5.96. The summed E-state index contributed by atoms with van der Waals surface area (Å²) >= 11 is 0. The Balaban J connectivity index is 1.78. The molecule has 1 aliphatic rings. The lowest BCUT2D eigenvalue weighted by molar-refractivity contribution is -0.123. The molecule has 1 unspecified atom stereocenters. The number of carbonyl (C=O) groups excluding carboxylic acids is 1. The molecule has 1 fully saturated rings. The first-order valence-electron chi connectivity index (χ1n) is 6.47. The molecule has 0 N–H and O–H groups in total. The molecule has 0 saturated carbocycles. The smallest absolute Gasteiger partial charge is 0.146 e. The predicted octanol–water partition coefficient (Wildman–Crippen LogP) is 1.72. The molecule has 0 bridgehead atoms. The Morgan fingerprint density at radius 2 is 2.29 bits per heavy atom. The molecule has 2 rings (SSSR count). The van der Waals surface area contributed by atoms with E-state index in [4.69, 9.17) is 0 Å². The van der Waals surface area contributed by atoms with E-state index in [2.05, 4.69) is 14.5 Å².